The summed E-state index contributed by atoms with van der Waals surface area (Å²) in [4.78, 5) is 0. The fraction of sp³-hybridized carbons (Fsp3) is 0.385. The number of allylic oxidation sites excluding steroid dienone is 8. The monoisotopic (exact) mass is 288 g/mol. The van der Waals surface area contributed by atoms with Gasteiger partial charge in [0.2, 0.25) is 0 Å². The molecule has 0 radical (unpaired) electrons. The van der Waals surface area contributed by atoms with Gasteiger partial charge in [-0.1, -0.05) is 35.4 Å². The molecule has 2 rings (SSSR count). The van der Waals surface area contributed by atoms with E-state index in [4.69, 9.17) is 23.2 Å². The zero-order chi connectivity index (χ0) is 11.0. The molecule has 0 spiro atoms. The Morgan fingerprint density at radius 2 is 1.31 bits per heavy atom. The summed E-state index contributed by atoms with van der Waals surface area (Å²) >= 11 is 12.2. The van der Waals surface area contributed by atoms with Gasteiger partial charge in [0.1, 0.15) is 0 Å². The Morgan fingerprint density at radius 1 is 0.938 bits per heavy atom. The van der Waals surface area contributed by atoms with E-state index in [0.29, 0.717) is 0 Å². The van der Waals surface area contributed by atoms with Crippen molar-refractivity contribution in [2.75, 3.05) is 0 Å². The van der Waals surface area contributed by atoms with Gasteiger partial charge in [-0.15, -0.1) is 0 Å². The molecule has 0 atom stereocenters. The van der Waals surface area contributed by atoms with Crippen LogP contribution in [-0.2, 0) is 21.7 Å². The number of rotatable bonds is 2. The van der Waals surface area contributed by atoms with Crippen LogP contribution in [-0.4, -0.2) is 0 Å². The largest absolute Gasteiger partial charge is 0.0885 e. The Kier molecular flexibility index (Phi) is 5.13. The average Bonchev–Trinajstić information content (AvgIpc) is 2.68. The van der Waals surface area contributed by atoms with E-state index in [9.17, 15) is 0 Å². The van der Waals surface area contributed by atoms with Crippen molar-refractivity contribution < 1.29 is 21.7 Å². The SMILES string of the molecule is CC1=C(Cl)CC=C1CC1=CCC(Cl)=C1C.[Ti]. The fourth-order valence-corrected chi connectivity index (χ4v) is 2.40. The van der Waals surface area contributed by atoms with Crippen molar-refractivity contribution in [1.29, 1.82) is 0 Å². The first-order valence-electron chi connectivity index (χ1n) is 5.19. The van der Waals surface area contributed by atoms with Crippen LogP contribution in [0.5, 0.6) is 0 Å². The second kappa shape index (κ2) is 5.73. The van der Waals surface area contributed by atoms with E-state index in [1.807, 2.05) is 0 Å². The van der Waals surface area contributed by atoms with Gasteiger partial charge < -0.3 is 0 Å². The molecule has 0 aliphatic heterocycles. The Morgan fingerprint density at radius 3 is 1.56 bits per heavy atom. The minimum atomic E-state index is 0. The molecule has 0 saturated carbocycles. The summed E-state index contributed by atoms with van der Waals surface area (Å²) in [5.74, 6) is 0. The van der Waals surface area contributed by atoms with Crippen molar-refractivity contribution in [3.8, 4) is 0 Å². The second-order valence-corrected chi connectivity index (χ2v) is 5.02. The van der Waals surface area contributed by atoms with Crippen LogP contribution in [0.2, 0.25) is 0 Å². The molecule has 2 aliphatic rings. The maximum atomic E-state index is 6.08. The zero-order valence-electron chi connectivity index (χ0n) is 9.53. The van der Waals surface area contributed by atoms with Gasteiger partial charge in [0.05, 0.1) is 0 Å². The molecule has 0 heterocycles. The first-order chi connectivity index (χ1) is 7.09. The molecule has 0 aromatic heterocycles. The van der Waals surface area contributed by atoms with Crippen LogP contribution in [0.25, 0.3) is 0 Å². The zero-order valence-corrected chi connectivity index (χ0v) is 12.6. The fourth-order valence-electron chi connectivity index (χ4n) is 2.00. The van der Waals surface area contributed by atoms with Crippen LogP contribution in [0, 0.1) is 0 Å². The summed E-state index contributed by atoms with van der Waals surface area (Å²) in [7, 11) is 0. The molecule has 0 unspecified atom stereocenters. The predicted molar refractivity (Wildman–Crippen MR) is 67.1 cm³/mol. The molecule has 3 heteroatoms. The van der Waals surface area contributed by atoms with Crippen LogP contribution in [0.15, 0.2) is 44.5 Å². The van der Waals surface area contributed by atoms with Gasteiger partial charge in [0, 0.05) is 44.6 Å². The first-order valence-corrected chi connectivity index (χ1v) is 5.94. The molecule has 84 valence electrons. The molecule has 16 heavy (non-hydrogen) atoms. The van der Waals surface area contributed by atoms with Crippen LogP contribution in [0.3, 0.4) is 0 Å². The summed E-state index contributed by atoms with van der Waals surface area (Å²) in [6.45, 7) is 4.19. The van der Waals surface area contributed by atoms with Gasteiger partial charge in [0.15, 0.2) is 0 Å². The molecule has 0 aromatic carbocycles. The van der Waals surface area contributed by atoms with Crippen molar-refractivity contribution in [2.45, 2.75) is 33.1 Å². The van der Waals surface area contributed by atoms with Crippen molar-refractivity contribution in [1.82, 2.24) is 0 Å². The molecule has 0 N–H and O–H groups in total. The summed E-state index contributed by atoms with van der Waals surface area (Å²) in [6, 6.07) is 0. The van der Waals surface area contributed by atoms with Gasteiger partial charge >= 0.3 is 0 Å². The van der Waals surface area contributed by atoms with E-state index in [-0.39, 0.29) is 21.7 Å². The van der Waals surface area contributed by atoms with Gasteiger partial charge in [-0.05, 0) is 42.6 Å². The van der Waals surface area contributed by atoms with E-state index < -0.39 is 0 Å². The van der Waals surface area contributed by atoms with E-state index in [2.05, 4.69) is 26.0 Å². The number of hydrogen-bond donors (Lipinski definition) is 0. The average molecular weight is 289 g/mol. The molecule has 0 amide bonds. The molecular weight excluding hydrogens is 275 g/mol. The Hall–Kier alpha value is 0.254. The van der Waals surface area contributed by atoms with Crippen molar-refractivity contribution in [2.24, 2.45) is 0 Å². The molecule has 0 fully saturated rings. The normalized spacial score (nSPS) is 20.0. The summed E-state index contributed by atoms with van der Waals surface area (Å²) in [6.07, 6.45) is 7.21. The summed E-state index contributed by atoms with van der Waals surface area (Å²) in [5, 5.41) is 1.97. The predicted octanol–water partition coefficient (Wildman–Crippen LogP) is 5.06. The Bertz CT molecular complexity index is 385. The molecule has 0 saturated heterocycles. The third kappa shape index (κ3) is 2.74. The second-order valence-electron chi connectivity index (χ2n) is 4.10. The van der Waals surface area contributed by atoms with Gasteiger partial charge in [-0.2, -0.15) is 0 Å². The van der Waals surface area contributed by atoms with Gasteiger partial charge in [0.25, 0.3) is 0 Å². The number of hydrogen-bond acceptors (Lipinski definition) is 0. The Labute approximate surface area is 122 Å². The minimum Gasteiger partial charge on any atom is -0.0885 e. The van der Waals surface area contributed by atoms with Crippen molar-refractivity contribution >= 4 is 23.2 Å². The van der Waals surface area contributed by atoms with Crippen LogP contribution < -0.4 is 0 Å². The molecular formula is C13H14Cl2Ti. The smallest absolute Gasteiger partial charge is 0.0250 e. The van der Waals surface area contributed by atoms with E-state index in [1.54, 1.807) is 0 Å². The van der Waals surface area contributed by atoms with Gasteiger partial charge in [-0.3, -0.25) is 0 Å². The maximum absolute atomic E-state index is 6.08. The van der Waals surface area contributed by atoms with Crippen LogP contribution in [0.1, 0.15) is 33.1 Å². The molecule has 0 nitrogen and oxygen atoms in total. The maximum Gasteiger partial charge on any atom is 0.0250 e. The van der Waals surface area contributed by atoms with E-state index >= 15 is 0 Å². The molecule has 0 bridgehead atoms. The topological polar surface area (TPSA) is 0 Å². The summed E-state index contributed by atoms with van der Waals surface area (Å²) < 4.78 is 0. The van der Waals surface area contributed by atoms with E-state index in [1.165, 1.54) is 22.3 Å². The van der Waals surface area contributed by atoms with Crippen LogP contribution in [0.4, 0.5) is 0 Å². The van der Waals surface area contributed by atoms with Gasteiger partial charge in [-0.25, -0.2) is 0 Å². The third-order valence-electron chi connectivity index (χ3n) is 3.21. The third-order valence-corrected chi connectivity index (χ3v) is 4.09. The number of halogens is 2. The standard InChI is InChI=1S/C13H14Cl2.Ti/c1-8-10(3-5-12(8)14)7-11-4-6-13(15)9(11)2;/h3-4H,5-7H2,1-2H3;. The minimum absolute atomic E-state index is 0. The van der Waals surface area contributed by atoms with Crippen LogP contribution >= 0.6 is 23.2 Å². The molecule has 0 aromatic rings. The summed E-state index contributed by atoms with van der Waals surface area (Å²) in [5.41, 5.74) is 5.20. The molecule has 2 aliphatic carbocycles. The van der Waals surface area contributed by atoms with Crippen molar-refractivity contribution in [3.63, 3.8) is 0 Å². The first kappa shape index (κ1) is 14.3. The van der Waals surface area contributed by atoms with E-state index in [0.717, 1.165) is 29.3 Å². The van der Waals surface area contributed by atoms with Crippen molar-refractivity contribution in [3.05, 3.63) is 44.5 Å². The Balaban J connectivity index is 0.00000128. The quantitative estimate of drug-likeness (QED) is 0.623.